The molecule has 1 saturated heterocycles. The Bertz CT molecular complexity index is 3640. The topological polar surface area (TPSA) is 430 Å². The summed E-state index contributed by atoms with van der Waals surface area (Å²) in [6.07, 6.45) is 3.41. The number of carbonyl (C=O) groups is 10. The van der Waals surface area contributed by atoms with Gasteiger partial charge in [-0.15, -0.1) is 0 Å². The first-order chi connectivity index (χ1) is 46.4. The summed E-state index contributed by atoms with van der Waals surface area (Å²) in [5.74, 6) is -8.22. The number of hydrogen-bond donors (Lipinski definition) is 14. The number of carbonyl (C=O) groups excluding carboxylic acids is 9. The highest BCUT2D eigenvalue weighted by Gasteiger charge is 2.37. The van der Waals surface area contributed by atoms with E-state index in [2.05, 4.69) is 62.8 Å². The molecule has 97 heavy (non-hydrogen) atoms. The van der Waals surface area contributed by atoms with E-state index in [1.54, 1.807) is 101 Å². The van der Waals surface area contributed by atoms with Crippen LogP contribution in [0.1, 0.15) is 94.7 Å². The number of nitrogens with one attached hydrogen (secondary N) is 12. The van der Waals surface area contributed by atoms with Crippen molar-refractivity contribution < 1.29 is 72.0 Å². The predicted molar refractivity (Wildman–Crippen MR) is 354 cm³/mol. The van der Waals surface area contributed by atoms with Gasteiger partial charge in [0, 0.05) is 55.5 Å². The Hall–Kier alpha value is -10.7. The lowest BCUT2D eigenvalue weighted by Crippen LogP contribution is -2.62. The van der Waals surface area contributed by atoms with Crippen LogP contribution < -0.4 is 58.3 Å². The number of hydrogen-bond acceptors (Lipinski definition) is 16. The van der Waals surface area contributed by atoms with Gasteiger partial charge in [-0.25, -0.2) is 14.6 Å². The van der Waals surface area contributed by atoms with E-state index in [4.69, 9.17) is 30.1 Å². The first kappa shape index (κ1) is 73.7. The Morgan fingerprint density at radius 3 is 1.79 bits per heavy atom. The Morgan fingerprint density at radius 1 is 0.649 bits per heavy atom. The van der Waals surface area contributed by atoms with E-state index in [-0.39, 0.29) is 94.7 Å². The van der Waals surface area contributed by atoms with E-state index in [9.17, 15) is 38.7 Å². The summed E-state index contributed by atoms with van der Waals surface area (Å²) >= 11 is 0. The molecule has 518 valence electrons. The molecule has 15 N–H and O–H groups in total. The number of amides is 8. The molecule has 6 aromatic rings. The quantitative estimate of drug-likeness (QED) is 0.00884. The second kappa shape index (κ2) is 36.3. The minimum absolute atomic E-state index is 0.0228. The summed E-state index contributed by atoms with van der Waals surface area (Å²) in [4.78, 5) is 150. The zero-order valence-corrected chi connectivity index (χ0v) is 54.7. The molecule has 0 spiro atoms. The van der Waals surface area contributed by atoms with E-state index in [0.29, 0.717) is 33.3 Å². The summed E-state index contributed by atoms with van der Waals surface area (Å²) in [6, 6.07) is 19.7. The molecule has 1 aliphatic heterocycles. The third-order valence-electron chi connectivity index (χ3n) is 15.3. The van der Waals surface area contributed by atoms with Crippen molar-refractivity contribution in [3.8, 4) is 5.75 Å². The number of H-pyrrole nitrogens is 2. The van der Waals surface area contributed by atoms with Crippen molar-refractivity contribution in [3.05, 3.63) is 156 Å². The number of ether oxygens (including phenoxy) is 4. The van der Waals surface area contributed by atoms with Gasteiger partial charge in [0.15, 0.2) is 5.96 Å². The molecule has 29 nitrogen and oxygen atoms in total. The molecule has 0 bridgehead atoms. The lowest BCUT2D eigenvalue weighted by molar-refractivity contribution is -0.142. The molecule has 2 aromatic heterocycles. The largest absolute Gasteiger partial charge is 0.514 e. The molecule has 1 aliphatic rings. The van der Waals surface area contributed by atoms with Crippen LogP contribution in [0.4, 0.5) is 4.79 Å². The van der Waals surface area contributed by atoms with Crippen LogP contribution in [-0.2, 0) is 89.8 Å². The number of benzene rings is 4. The zero-order valence-electron chi connectivity index (χ0n) is 54.7. The molecule has 3 heterocycles. The average molecular weight is 1340 g/mol. The van der Waals surface area contributed by atoms with Crippen LogP contribution in [0.2, 0.25) is 0 Å². The van der Waals surface area contributed by atoms with Gasteiger partial charge in [0.25, 0.3) is 0 Å². The van der Waals surface area contributed by atoms with Crippen LogP contribution >= 0.6 is 0 Å². The monoisotopic (exact) mass is 1340 g/mol. The number of rotatable bonds is 36. The van der Waals surface area contributed by atoms with Crippen LogP contribution in [0.5, 0.6) is 5.75 Å². The molecular weight excluding hydrogens is 1250 g/mol. The number of nitrogens with zero attached hydrogens (tertiary/aromatic N) is 1. The Balaban J connectivity index is 1.20. The van der Waals surface area contributed by atoms with Crippen molar-refractivity contribution in [1.82, 2.24) is 62.8 Å². The van der Waals surface area contributed by atoms with Crippen molar-refractivity contribution >= 4 is 76.2 Å². The minimum Gasteiger partial charge on any atom is -0.480 e. The fraction of sp³-hybridized carbons (Fsp3) is 0.412. The van der Waals surface area contributed by atoms with Gasteiger partial charge in [0.05, 0.1) is 37.4 Å². The highest BCUT2D eigenvalue weighted by Crippen LogP contribution is 2.21. The highest BCUT2D eigenvalue weighted by molar-refractivity contribution is 5.99. The molecule has 7 rings (SSSR count). The maximum atomic E-state index is 15.3. The van der Waals surface area contributed by atoms with Crippen LogP contribution in [0.3, 0.4) is 0 Å². The number of guanidine groups is 1. The van der Waals surface area contributed by atoms with Crippen molar-refractivity contribution in [1.29, 1.82) is 5.41 Å². The number of imidazole rings is 1. The van der Waals surface area contributed by atoms with Gasteiger partial charge >= 0.3 is 12.1 Å². The summed E-state index contributed by atoms with van der Waals surface area (Å²) in [7, 11) is 0. The summed E-state index contributed by atoms with van der Waals surface area (Å²) in [5.41, 5.74) is 7.95. The number of fused-ring (bicyclic) bond motifs is 1. The fourth-order valence-electron chi connectivity index (χ4n) is 10.3. The summed E-state index contributed by atoms with van der Waals surface area (Å²) in [5, 5.41) is 42.3. The molecule has 29 heteroatoms. The number of aromatic nitrogens is 3. The second-order valence-electron chi connectivity index (χ2n) is 24.8. The smallest absolute Gasteiger partial charge is 0.480 e. The van der Waals surface area contributed by atoms with Gasteiger partial charge in [-0.1, -0.05) is 105 Å². The van der Waals surface area contributed by atoms with E-state index in [0.717, 1.165) is 5.56 Å². The van der Waals surface area contributed by atoms with Crippen LogP contribution in [-0.4, -0.2) is 159 Å². The van der Waals surface area contributed by atoms with E-state index in [1.807, 2.05) is 24.3 Å². The summed E-state index contributed by atoms with van der Waals surface area (Å²) in [6.45, 7) is 7.71. The Kier molecular flexibility index (Phi) is 27.6. The molecule has 0 unspecified atom stereocenters. The lowest BCUT2D eigenvalue weighted by Gasteiger charge is -2.29. The molecule has 4 aromatic carbocycles. The fourth-order valence-corrected chi connectivity index (χ4v) is 10.3. The lowest BCUT2D eigenvalue weighted by atomic mass is 10.0. The van der Waals surface area contributed by atoms with Crippen LogP contribution in [0, 0.1) is 11.3 Å². The molecule has 1 fully saturated rings. The summed E-state index contributed by atoms with van der Waals surface area (Å²) < 4.78 is 22.9. The molecule has 0 aliphatic carbocycles. The van der Waals surface area contributed by atoms with E-state index in [1.165, 1.54) is 36.8 Å². The molecule has 8 amide bonds. The number of carboxylic acid groups (broad SMARTS) is 1. The Morgan fingerprint density at radius 2 is 1.21 bits per heavy atom. The highest BCUT2D eigenvalue weighted by atomic mass is 16.7. The first-order valence-electron chi connectivity index (χ1n) is 31.8. The number of aliphatic carboxylic acids is 1. The van der Waals surface area contributed by atoms with Crippen LogP contribution in [0.25, 0.3) is 10.9 Å². The second-order valence-corrected chi connectivity index (χ2v) is 24.8. The van der Waals surface area contributed by atoms with Crippen molar-refractivity contribution in [2.24, 2.45) is 11.7 Å². The third kappa shape index (κ3) is 24.6. The standard InChI is InChI=1S/C68H86N14O15/c1-40(2)29-51(59(85)76-50(65(91)92)21-14-28-72-66(69)70)77-64(90)56(38-96-68(3,4)5)82-60(86)52(30-41-22-24-46(25-23-41)97-67(93)95-36-43-17-10-7-11-18-43)78-63(89)55(37-94-35-42-15-8-6-9-16-42)81-61(87)53(31-44-33-73-48-20-13-12-19-47(44)48)79-62(88)54(32-45-34-71-39-74-45)80-58(84)49-26-27-57(83)75-49/h6-13,15-20,22-25,33-34,39-40,49-56,73H,14,21,26-32,35-38H2,1-5H3,(H,71,74)(H,75,83)(H,76,85)(H,77,90)(H,78,89)(H,79,88)(H,80,84)(H,81,87)(H,82,86)(H,91,92)(H4,69,70,72)/t49-,50-,51-,52-,53-,54-,55-,56+/m0/s1. The van der Waals surface area contributed by atoms with Crippen molar-refractivity contribution in [2.75, 3.05) is 19.8 Å². The first-order valence-corrected chi connectivity index (χ1v) is 31.8. The average Bonchev–Trinajstić information content (AvgIpc) is 1.78. The van der Waals surface area contributed by atoms with Gasteiger partial charge in [-0.05, 0) is 92.8 Å². The number of para-hydroxylation sites is 1. The van der Waals surface area contributed by atoms with E-state index >= 15 is 14.4 Å². The maximum absolute atomic E-state index is 15.3. The molecular formula is C68H86N14O15. The number of aromatic amines is 2. The van der Waals surface area contributed by atoms with Gasteiger partial charge in [0.1, 0.15) is 60.7 Å². The van der Waals surface area contributed by atoms with Gasteiger partial charge in [0.2, 0.25) is 47.3 Å². The normalized spacial score (nSPS) is 15.0. The molecule has 0 radical (unpaired) electrons. The van der Waals surface area contributed by atoms with Gasteiger partial charge < -0.3 is 87.6 Å². The number of carboxylic acids is 1. The molecule has 0 saturated carbocycles. The van der Waals surface area contributed by atoms with Gasteiger partial charge in [-0.3, -0.25) is 43.8 Å². The van der Waals surface area contributed by atoms with E-state index < -0.39 is 121 Å². The maximum Gasteiger partial charge on any atom is 0.514 e. The minimum atomic E-state index is -1.64. The Labute approximate surface area is 560 Å². The predicted octanol–water partition coefficient (Wildman–Crippen LogP) is 2.73. The van der Waals surface area contributed by atoms with Crippen molar-refractivity contribution in [3.63, 3.8) is 0 Å². The SMILES string of the molecule is CC(C)C[C@H](NC(=O)[C@@H](COC(C)(C)C)NC(=O)[C@H](Cc1ccc(OC(=O)OCc2ccccc2)cc1)NC(=O)[C@H](COCc1ccccc1)NC(=O)[C@H](Cc1c[nH]c2ccccc12)NC(=O)[C@H](Cc1c[nH]cn1)NC(=O)[C@@H]1CCC(=O)N1)C(=O)N[C@@H](CCCNC(=N)N)C(=O)O. The van der Waals surface area contributed by atoms with Gasteiger partial charge in [-0.2, -0.15) is 0 Å². The zero-order chi connectivity index (χ0) is 70.0. The third-order valence-corrected chi connectivity index (χ3v) is 15.3. The number of nitrogens with two attached hydrogens (primary N) is 1. The van der Waals surface area contributed by atoms with Crippen LogP contribution in [0.15, 0.2) is 128 Å². The van der Waals surface area contributed by atoms with Crippen molar-refractivity contribution in [2.45, 2.75) is 153 Å². The molecule has 8 atom stereocenters.